The van der Waals surface area contributed by atoms with E-state index in [0.29, 0.717) is 33.7 Å². The monoisotopic (exact) mass is 471 g/mol. The number of amides is 1. The Labute approximate surface area is 181 Å². The van der Waals surface area contributed by atoms with Crippen LogP contribution in [0, 0.1) is 5.82 Å². The molecule has 0 saturated carbocycles. The van der Waals surface area contributed by atoms with E-state index in [1.807, 2.05) is 6.92 Å². The van der Waals surface area contributed by atoms with Crippen molar-refractivity contribution >= 4 is 28.1 Å². The second kappa shape index (κ2) is 10.5. The van der Waals surface area contributed by atoms with Crippen molar-refractivity contribution in [1.82, 2.24) is 10.4 Å². The first-order valence-corrected chi connectivity index (χ1v) is 9.93. The van der Waals surface area contributed by atoms with Crippen molar-refractivity contribution in [3.63, 3.8) is 0 Å². The fourth-order valence-electron chi connectivity index (χ4n) is 2.50. The first-order chi connectivity index (χ1) is 14.6. The zero-order valence-electron chi connectivity index (χ0n) is 16.1. The SMILES string of the molecule is CCOc1cc(/C=N\NC(=O)c2ccncc2)c(Br)cc1OCc1ccc(F)cc1. The number of halogens is 2. The highest BCUT2D eigenvalue weighted by atomic mass is 79.9. The van der Waals surface area contributed by atoms with Crippen molar-refractivity contribution < 1.29 is 18.7 Å². The molecule has 0 spiro atoms. The topological polar surface area (TPSA) is 72.8 Å². The van der Waals surface area contributed by atoms with Crippen molar-refractivity contribution in [2.75, 3.05) is 6.61 Å². The van der Waals surface area contributed by atoms with E-state index in [1.54, 1.807) is 36.4 Å². The number of benzene rings is 2. The second-order valence-electron chi connectivity index (χ2n) is 6.10. The molecule has 1 heterocycles. The number of rotatable bonds is 8. The Kier molecular flexibility index (Phi) is 7.51. The van der Waals surface area contributed by atoms with E-state index in [-0.39, 0.29) is 18.3 Å². The summed E-state index contributed by atoms with van der Waals surface area (Å²) in [5, 5.41) is 4.00. The lowest BCUT2D eigenvalue weighted by molar-refractivity contribution is 0.0955. The van der Waals surface area contributed by atoms with Crippen LogP contribution in [0.25, 0.3) is 0 Å². The Morgan fingerprint density at radius 2 is 1.83 bits per heavy atom. The standard InChI is InChI=1S/C22H19BrFN3O3/c1-2-29-20-11-17(13-26-27-22(28)16-7-9-25-10-8-16)19(23)12-21(20)30-14-15-3-5-18(24)6-4-15/h3-13H,2,14H2,1H3,(H,27,28)/b26-13-. The first kappa shape index (κ1) is 21.4. The quantitative estimate of drug-likeness (QED) is 0.380. The third-order valence-corrected chi connectivity index (χ3v) is 4.67. The van der Waals surface area contributed by atoms with Gasteiger partial charge in [-0.2, -0.15) is 5.10 Å². The number of carbonyl (C=O) groups excluding carboxylic acids is 1. The maximum absolute atomic E-state index is 13.1. The molecule has 0 unspecified atom stereocenters. The normalized spacial score (nSPS) is 10.8. The van der Waals surface area contributed by atoms with Gasteiger partial charge in [-0.1, -0.05) is 12.1 Å². The maximum Gasteiger partial charge on any atom is 0.271 e. The van der Waals surface area contributed by atoms with Crippen LogP contribution in [-0.2, 0) is 6.61 Å². The molecule has 0 atom stereocenters. The average molecular weight is 472 g/mol. The lowest BCUT2D eigenvalue weighted by Crippen LogP contribution is -2.17. The third kappa shape index (κ3) is 5.87. The number of ether oxygens (including phenoxy) is 2. The maximum atomic E-state index is 13.1. The van der Waals surface area contributed by atoms with E-state index in [2.05, 4.69) is 31.4 Å². The molecule has 1 amide bonds. The molecule has 3 rings (SSSR count). The van der Waals surface area contributed by atoms with Gasteiger partial charge in [0.1, 0.15) is 12.4 Å². The van der Waals surface area contributed by atoms with E-state index in [1.165, 1.54) is 30.7 Å². The molecule has 0 fully saturated rings. The molecular weight excluding hydrogens is 453 g/mol. The Balaban J connectivity index is 1.71. The highest BCUT2D eigenvalue weighted by Gasteiger charge is 2.11. The van der Waals surface area contributed by atoms with Crippen LogP contribution in [0.3, 0.4) is 0 Å². The second-order valence-corrected chi connectivity index (χ2v) is 6.96. The van der Waals surface area contributed by atoms with Gasteiger partial charge in [0.15, 0.2) is 11.5 Å². The van der Waals surface area contributed by atoms with Crippen LogP contribution in [0.2, 0.25) is 0 Å². The molecule has 0 aliphatic rings. The zero-order chi connectivity index (χ0) is 21.3. The largest absolute Gasteiger partial charge is 0.490 e. The average Bonchev–Trinajstić information content (AvgIpc) is 2.76. The van der Waals surface area contributed by atoms with Crippen LogP contribution >= 0.6 is 15.9 Å². The summed E-state index contributed by atoms with van der Waals surface area (Å²) in [6.45, 7) is 2.58. The molecule has 1 aromatic heterocycles. The van der Waals surface area contributed by atoms with Crippen LogP contribution in [0.1, 0.15) is 28.4 Å². The van der Waals surface area contributed by atoms with Crippen molar-refractivity contribution in [2.24, 2.45) is 5.10 Å². The summed E-state index contributed by atoms with van der Waals surface area (Å²) >= 11 is 3.48. The van der Waals surface area contributed by atoms with Gasteiger partial charge in [-0.3, -0.25) is 9.78 Å². The Morgan fingerprint density at radius 3 is 2.53 bits per heavy atom. The van der Waals surface area contributed by atoms with Crippen molar-refractivity contribution in [2.45, 2.75) is 13.5 Å². The lowest BCUT2D eigenvalue weighted by atomic mass is 10.2. The molecule has 0 saturated heterocycles. The zero-order valence-corrected chi connectivity index (χ0v) is 17.7. The van der Waals surface area contributed by atoms with Gasteiger partial charge in [0.2, 0.25) is 0 Å². The highest BCUT2D eigenvalue weighted by molar-refractivity contribution is 9.10. The van der Waals surface area contributed by atoms with Gasteiger partial charge in [-0.15, -0.1) is 0 Å². The number of pyridine rings is 1. The fraction of sp³-hybridized carbons (Fsp3) is 0.136. The summed E-state index contributed by atoms with van der Waals surface area (Å²) in [4.78, 5) is 15.9. The van der Waals surface area contributed by atoms with Gasteiger partial charge in [-0.05, 0) is 64.8 Å². The molecular formula is C22H19BrFN3O3. The number of carbonyl (C=O) groups is 1. The molecule has 30 heavy (non-hydrogen) atoms. The summed E-state index contributed by atoms with van der Waals surface area (Å²) in [5.74, 6) is 0.431. The molecule has 6 nitrogen and oxygen atoms in total. The van der Waals surface area contributed by atoms with Crippen LogP contribution in [0.15, 0.2) is 70.5 Å². The smallest absolute Gasteiger partial charge is 0.271 e. The summed E-state index contributed by atoms with van der Waals surface area (Å²) < 4.78 is 25.3. The molecule has 0 bridgehead atoms. The predicted molar refractivity (Wildman–Crippen MR) is 115 cm³/mol. The Bertz CT molecular complexity index is 1030. The van der Waals surface area contributed by atoms with E-state index in [0.717, 1.165) is 5.56 Å². The van der Waals surface area contributed by atoms with Crippen LogP contribution < -0.4 is 14.9 Å². The number of hydrogen-bond donors (Lipinski definition) is 1. The van der Waals surface area contributed by atoms with Crippen LogP contribution in [-0.4, -0.2) is 23.7 Å². The van der Waals surface area contributed by atoms with E-state index >= 15 is 0 Å². The van der Waals surface area contributed by atoms with Gasteiger partial charge in [0, 0.05) is 28.0 Å². The van der Waals surface area contributed by atoms with Crippen molar-refractivity contribution in [3.8, 4) is 11.5 Å². The van der Waals surface area contributed by atoms with Gasteiger partial charge in [0.25, 0.3) is 5.91 Å². The van der Waals surface area contributed by atoms with Crippen molar-refractivity contribution in [1.29, 1.82) is 0 Å². The molecule has 1 N–H and O–H groups in total. The van der Waals surface area contributed by atoms with Gasteiger partial charge in [0.05, 0.1) is 12.8 Å². The van der Waals surface area contributed by atoms with E-state index in [4.69, 9.17) is 9.47 Å². The number of aromatic nitrogens is 1. The van der Waals surface area contributed by atoms with E-state index in [9.17, 15) is 9.18 Å². The lowest BCUT2D eigenvalue weighted by Gasteiger charge is -2.14. The van der Waals surface area contributed by atoms with Gasteiger partial charge < -0.3 is 9.47 Å². The van der Waals surface area contributed by atoms with Gasteiger partial charge in [-0.25, -0.2) is 9.82 Å². The first-order valence-electron chi connectivity index (χ1n) is 9.14. The molecule has 8 heteroatoms. The number of hydrazone groups is 1. The number of hydrogen-bond acceptors (Lipinski definition) is 5. The highest BCUT2D eigenvalue weighted by Crippen LogP contribution is 2.33. The van der Waals surface area contributed by atoms with E-state index < -0.39 is 0 Å². The summed E-state index contributed by atoms with van der Waals surface area (Å²) in [7, 11) is 0. The minimum Gasteiger partial charge on any atom is -0.490 e. The molecule has 3 aromatic rings. The van der Waals surface area contributed by atoms with Crippen LogP contribution in [0.4, 0.5) is 4.39 Å². The number of nitrogens with one attached hydrogen (secondary N) is 1. The Hall–Kier alpha value is -3.26. The molecule has 0 aliphatic carbocycles. The fourth-order valence-corrected chi connectivity index (χ4v) is 2.93. The minimum atomic E-state index is -0.339. The summed E-state index contributed by atoms with van der Waals surface area (Å²) in [6, 6.07) is 12.8. The van der Waals surface area contributed by atoms with Crippen molar-refractivity contribution in [3.05, 3.63) is 87.9 Å². The number of nitrogens with zero attached hydrogens (tertiary/aromatic N) is 2. The summed E-state index contributed by atoms with van der Waals surface area (Å²) in [6.07, 6.45) is 4.58. The predicted octanol–water partition coefficient (Wildman–Crippen LogP) is 4.72. The van der Waals surface area contributed by atoms with Gasteiger partial charge >= 0.3 is 0 Å². The molecule has 0 aliphatic heterocycles. The molecule has 2 aromatic carbocycles. The Morgan fingerprint density at radius 1 is 1.13 bits per heavy atom. The third-order valence-electron chi connectivity index (χ3n) is 3.98. The minimum absolute atomic E-state index is 0.266. The molecule has 0 radical (unpaired) electrons. The van der Waals surface area contributed by atoms with Crippen LogP contribution in [0.5, 0.6) is 11.5 Å². The molecule has 154 valence electrons. The summed E-state index contributed by atoms with van der Waals surface area (Å²) in [5.41, 5.74) is 4.46.